The van der Waals surface area contributed by atoms with Crippen molar-refractivity contribution in [2.24, 2.45) is 10.1 Å². The lowest BCUT2D eigenvalue weighted by Gasteiger charge is -2.04. The molecule has 0 atom stereocenters. The fourth-order valence-electron chi connectivity index (χ4n) is 2.80. The number of carbonyl (C=O) groups is 2. The van der Waals surface area contributed by atoms with Crippen LogP contribution in [0.25, 0.3) is 20.4 Å². The highest BCUT2D eigenvalue weighted by molar-refractivity contribution is 7.89. The van der Waals surface area contributed by atoms with Crippen LogP contribution in [0.1, 0.15) is 10.4 Å². The Hall–Kier alpha value is -2.93. The molecule has 0 radical (unpaired) electrons. The largest absolute Gasteiger partial charge is 0.468 e. The number of ether oxygens (including phenoxy) is 1. The summed E-state index contributed by atoms with van der Waals surface area (Å²) < 4.78 is 30.9. The van der Waals surface area contributed by atoms with Crippen LogP contribution in [0.4, 0.5) is 0 Å². The number of methoxy groups -OCH3 is 1. The second kappa shape index (κ2) is 7.72. The summed E-state index contributed by atoms with van der Waals surface area (Å²) >= 11 is 2.48. The van der Waals surface area contributed by atoms with Gasteiger partial charge in [-0.2, -0.15) is 4.99 Å². The van der Waals surface area contributed by atoms with Crippen LogP contribution in [0.3, 0.4) is 0 Å². The Morgan fingerprint density at radius 1 is 1.20 bits per heavy atom. The quantitative estimate of drug-likeness (QED) is 0.460. The number of fused-ring (bicyclic) bond motifs is 2. The lowest BCUT2D eigenvalue weighted by Crippen LogP contribution is -2.22. The summed E-state index contributed by atoms with van der Waals surface area (Å²) in [5.41, 5.74) is 3.38. The molecule has 0 unspecified atom stereocenters. The summed E-state index contributed by atoms with van der Waals surface area (Å²) in [6.07, 6.45) is 0. The Kier molecular flexibility index (Phi) is 5.24. The standard InChI is InChI=1S/C18H14N4O5S3/c1-27-16(23)8-22-13-5-3-11(30(19,25)26)7-15(13)29-18(22)21-17(24)10-2-4-12-14(6-10)28-9-20-12/h2-7,9H,8H2,1H3,(H2,19,25,26). The molecule has 0 saturated carbocycles. The maximum atomic E-state index is 12.8. The lowest BCUT2D eigenvalue weighted by atomic mass is 10.2. The van der Waals surface area contributed by atoms with Crippen molar-refractivity contribution >= 4 is 65.0 Å². The highest BCUT2D eigenvalue weighted by Crippen LogP contribution is 2.22. The van der Waals surface area contributed by atoms with Gasteiger partial charge < -0.3 is 9.30 Å². The predicted octanol–water partition coefficient (Wildman–Crippen LogP) is 1.87. The van der Waals surface area contributed by atoms with Crippen LogP contribution in [-0.2, 0) is 26.1 Å². The van der Waals surface area contributed by atoms with Gasteiger partial charge in [-0.05, 0) is 36.4 Å². The number of esters is 1. The van der Waals surface area contributed by atoms with E-state index in [1.807, 2.05) is 0 Å². The number of primary sulfonamides is 1. The molecule has 2 N–H and O–H groups in total. The van der Waals surface area contributed by atoms with Gasteiger partial charge in [0.25, 0.3) is 5.91 Å². The molecule has 2 heterocycles. The third kappa shape index (κ3) is 3.89. The Balaban J connectivity index is 1.87. The van der Waals surface area contributed by atoms with Crippen molar-refractivity contribution in [2.45, 2.75) is 11.4 Å². The van der Waals surface area contributed by atoms with Crippen molar-refractivity contribution in [1.82, 2.24) is 9.55 Å². The van der Waals surface area contributed by atoms with Crippen LogP contribution < -0.4 is 9.94 Å². The van der Waals surface area contributed by atoms with Crippen LogP contribution in [0, 0.1) is 0 Å². The van der Waals surface area contributed by atoms with E-state index >= 15 is 0 Å². The van der Waals surface area contributed by atoms with E-state index in [-0.39, 0.29) is 16.2 Å². The van der Waals surface area contributed by atoms with Gasteiger partial charge in [0.2, 0.25) is 10.0 Å². The molecule has 9 nitrogen and oxygen atoms in total. The van der Waals surface area contributed by atoms with Gasteiger partial charge in [0, 0.05) is 5.56 Å². The summed E-state index contributed by atoms with van der Waals surface area (Å²) in [6, 6.07) is 9.31. The third-order valence-corrected chi connectivity index (χ3v) is 7.02. The summed E-state index contributed by atoms with van der Waals surface area (Å²) in [7, 11) is -2.65. The number of thiazole rings is 2. The first-order chi connectivity index (χ1) is 14.3. The van der Waals surface area contributed by atoms with E-state index in [0.717, 1.165) is 21.6 Å². The molecular formula is C18H14N4O5S3. The van der Waals surface area contributed by atoms with Gasteiger partial charge >= 0.3 is 5.97 Å². The van der Waals surface area contributed by atoms with E-state index in [2.05, 4.69) is 9.98 Å². The van der Waals surface area contributed by atoms with Gasteiger partial charge in [-0.3, -0.25) is 9.59 Å². The van der Waals surface area contributed by atoms with Crippen molar-refractivity contribution < 1.29 is 22.7 Å². The van der Waals surface area contributed by atoms with Crippen LogP contribution in [-0.4, -0.2) is 37.0 Å². The maximum absolute atomic E-state index is 12.8. The lowest BCUT2D eigenvalue weighted by molar-refractivity contribution is -0.141. The summed E-state index contributed by atoms with van der Waals surface area (Å²) in [6.45, 7) is -0.189. The van der Waals surface area contributed by atoms with Crippen molar-refractivity contribution in [2.75, 3.05) is 7.11 Å². The highest BCUT2D eigenvalue weighted by Gasteiger charge is 2.16. The van der Waals surface area contributed by atoms with Crippen molar-refractivity contribution in [3.8, 4) is 0 Å². The van der Waals surface area contributed by atoms with Crippen molar-refractivity contribution in [3.05, 3.63) is 52.3 Å². The smallest absolute Gasteiger partial charge is 0.325 e. The number of carbonyl (C=O) groups excluding carboxylic acids is 2. The summed E-state index contributed by atoms with van der Waals surface area (Å²) in [5, 5.41) is 5.20. The zero-order chi connectivity index (χ0) is 21.5. The van der Waals surface area contributed by atoms with E-state index in [1.165, 1.54) is 41.2 Å². The number of benzene rings is 2. The summed E-state index contributed by atoms with van der Waals surface area (Å²) in [5.74, 6) is -1.03. The molecule has 0 bridgehead atoms. The van der Waals surface area contributed by atoms with Crippen LogP contribution >= 0.6 is 22.7 Å². The first kappa shape index (κ1) is 20.3. The normalized spacial score (nSPS) is 12.5. The fraction of sp³-hybridized carbons (Fsp3) is 0.111. The minimum Gasteiger partial charge on any atom is -0.468 e. The molecule has 0 fully saturated rings. The monoisotopic (exact) mass is 462 g/mol. The second-order valence-electron chi connectivity index (χ2n) is 6.17. The SMILES string of the molecule is COC(=O)Cn1c(=NC(=O)c2ccc3ncsc3c2)sc2cc(S(N)(=O)=O)ccc21. The van der Waals surface area contributed by atoms with Gasteiger partial charge in [-0.1, -0.05) is 11.3 Å². The van der Waals surface area contributed by atoms with Crippen LogP contribution in [0.15, 0.2) is 51.8 Å². The average Bonchev–Trinajstić information content (AvgIpc) is 3.30. The average molecular weight is 463 g/mol. The highest BCUT2D eigenvalue weighted by atomic mass is 32.2. The van der Waals surface area contributed by atoms with E-state index in [0.29, 0.717) is 15.8 Å². The number of rotatable bonds is 4. The molecule has 1 amide bonds. The Labute approximate surface area is 178 Å². The molecule has 4 aromatic rings. The Morgan fingerprint density at radius 3 is 2.73 bits per heavy atom. The molecule has 0 aliphatic heterocycles. The zero-order valence-corrected chi connectivity index (χ0v) is 17.9. The van der Waals surface area contributed by atoms with Gasteiger partial charge in [-0.25, -0.2) is 18.5 Å². The van der Waals surface area contributed by atoms with Gasteiger partial charge in [0.15, 0.2) is 4.80 Å². The Bertz CT molecular complexity index is 1480. The second-order valence-corrected chi connectivity index (χ2v) is 9.63. The first-order valence-corrected chi connectivity index (χ1v) is 11.7. The van der Waals surface area contributed by atoms with Gasteiger partial charge in [-0.15, -0.1) is 11.3 Å². The van der Waals surface area contributed by atoms with E-state index in [9.17, 15) is 18.0 Å². The zero-order valence-electron chi connectivity index (χ0n) is 15.4. The topological polar surface area (TPSA) is 134 Å². The molecular weight excluding hydrogens is 448 g/mol. The number of hydrogen-bond acceptors (Lipinski definition) is 8. The number of aromatic nitrogens is 2. The molecule has 12 heteroatoms. The van der Waals surface area contributed by atoms with Crippen LogP contribution in [0.2, 0.25) is 0 Å². The summed E-state index contributed by atoms with van der Waals surface area (Å²) in [4.78, 5) is 33.2. The maximum Gasteiger partial charge on any atom is 0.325 e. The molecule has 0 spiro atoms. The Morgan fingerprint density at radius 2 is 2.00 bits per heavy atom. The van der Waals surface area contributed by atoms with E-state index < -0.39 is 21.9 Å². The number of amides is 1. The number of sulfonamides is 1. The minimum absolute atomic E-state index is 0.0741. The minimum atomic E-state index is -3.90. The molecule has 30 heavy (non-hydrogen) atoms. The van der Waals surface area contributed by atoms with Gasteiger partial charge in [0.05, 0.1) is 37.9 Å². The van der Waals surface area contributed by atoms with E-state index in [1.54, 1.807) is 23.7 Å². The third-order valence-electron chi connectivity index (χ3n) is 4.27. The molecule has 0 saturated heterocycles. The van der Waals surface area contributed by atoms with Crippen LogP contribution in [0.5, 0.6) is 0 Å². The first-order valence-electron chi connectivity index (χ1n) is 8.41. The number of hydrogen-bond donors (Lipinski definition) is 1. The molecule has 0 aliphatic carbocycles. The molecule has 2 aromatic heterocycles. The van der Waals surface area contributed by atoms with Gasteiger partial charge in [0.1, 0.15) is 6.54 Å². The molecule has 2 aromatic carbocycles. The predicted molar refractivity (Wildman–Crippen MR) is 113 cm³/mol. The number of nitrogens with two attached hydrogens (primary N) is 1. The molecule has 154 valence electrons. The van der Waals surface area contributed by atoms with E-state index in [4.69, 9.17) is 9.88 Å². The van der Waals surface area contributed by atoms with Crippen molar-refractivity contribution in [3.63, 3.8) is 0 Å². The fourth-order valence-corrected chi connectivity index (χ4v) is 5.20. The molecule has 4 rings (SSSR count). The van der Waals surface area contributed by atoms with Crippen molar-refractivity contribution in [1.29, 1.82) is 0 Å². The molecule has 0 aliphatic rings. The number of nitrogens with zero attached hydrogens (tertiary/aromatic N) is 3.